The van der Waals surface area contributed by atoms with Gasteiger partial charge in [0.1, 0.15) is 37.5 Å². The number of oxime groups is 1. The van der Waals surface area contributed by atoms with Gasteiger partial charge in [-0.05, 0) is 42.3 Å². The summed E-state index contributed by atoms with van der Waals surface area (Å²) in [5.74, 6) is -0.669. The Balaban J connectivity index is 1.38. The highest BCUT2D eigenvalue weighted by molar-refractivity contribution is 6.01. The predicted molar refractivity (Wildman–Crippen MR) is 130 cm³/mol. The van der Waals surface area contributed by atoms with Crippen molar-refractivity contribution in [3.8, 4) is 22.6 Å². The first-order chi connectivity index (χ1) is 17.5. The molecule has 0 unspecified atom stereocenters. The average molecular weight is 490 g/mol. The molecule has 0 amide bonds. The number of nitrogens with zero attached hydrogens (tertiary/aromatic N) is 2. The third-order valence-electron chi connectivity index (χ3n) is 5.28. The number of aromatic carboxylic acids is 1. The second-order valence-corrected chi connectivity index (χ2v) is 7.72. The van der Waals surface area contributed by atoms with E-state index in [1.807, 2.05) is 30.3 Å². The molecule has 0 aliphatic heterocycles. The number of carboxylic acid groups (broad SMARTS) is 1. The summed E-state index contributed by atoms with van der Waals surface area (Å²) in [4.78, 5) is 16.2. The normalized spacial score (nSPS) is 11.2. The SMILES string of the molecule is CO/N=C(/COc1ccc(COc2ccc(-c3c(C(=O)O)noc3C)cc2)cc1F)c1ccccc1. The van der Waals surface area contributed by atoms with Gasteiger partial charge >= 0.3 is 5.97 Å². The number of carboxylic acids is 1. The van der Waals surface area contributed by atoms with Crippen LogP contribution in [0.2, 0.25) is 0 Å². The van der Waals surface area contributed by atoms with Crippen LogP contribution in [0.3, 0.4) is 0 Å². The van der Waals surface area contributed by atoms with Crippen molar-refractivity contribution >= 4 is 11.7 Å². The molecule has 4 rings (SSSR count). The van der Waals surface area contributed by atoms with Crippen LogP contribution in [0.5, 0.6) is 11.5 Å². The van der Waals surface area contributed by atoms with Crippen molar-refractivity contribution in [2.75, 3.05) is 13.7 Å². The van der Waals surface area contributed by atoms with Gasteiger partial charge in [-0.1, -0.05) is 58.8 Å². The zero-order valence-electron chi connectivity index (χ0n) is 19.6. The summed E-state index contributed by atoms with van der Waals surface area (Å²) >= 11 is 0. The van der Waals surface area contributed by atoms with Crippen LogP contribution in [0.4, 0.5) is 4.39 Å². The zero-order chi connectivity index (χ0) is 25.5. The molecule has 0 atom stereocenters. The molecule has 0 saturated carbocycles. The Morgan fingerprint density at radius 1 is 1.06 bits per heavy atom. The Bertz CT molecular complexity index is 1370. The van der Waals surface area contributed by atoms with Crippen LogP contribution < -0.4 is 9.47 Å². The Morgan fingerprint density at radius 3 is 2.47 bits per heavy atom. The maximum atomic E-state index is 14.7. The van der Waals surface area contributed by atoms with Crippen molar-refractivity contribution in [3.05, 3.63) is 101 Å². The highest BCUT2D eigenvalue weighted by atomic mass is 19.1. The smallest absolute Gasteiger partial charge is 0.358 e. The van der Waals surface area contributed by atoms with Crippen LogP contribution in [0.1, 0.15) is 27.4 Å². The molecular formula is C27H23FN2O6. The Hall–Kier alpha value is -4.66. The lowest BCUT2D eigenvalue weighted by molar-refractivity contribution is 0.0686. The molecule has 0 saturated heterocycles. The molecule has 1 N–H and O–H groups in total. The van der Waals surface area contributed by atoms with Gasteiger partial charge in [0.05, 0.1) is 5.56 Å². The van der Waals surface area contributed by atoms with Crippen molar-refractivity contribution in [1.82, 2.24) is 5.16 Å². The molecule has 0 spiro atoms. The molecule has 0 aliphatic rings. The molecular weight excluding hydrogens is 467 g/mol. The van der Waals surface area contributed by atoms with E-state index < -0.39 is 11.8 Å². The molecule has 0 aliphatic carbocycles. The highest BCUT2D eigenvalue weighted by Gasteiger charge is 2.20. The van der Waals surface area contributed by atoms with Crippen LogP contribution in [-0.2, 0) is 11.4 Å². The lowest BCUT2D eigenvalue weighted by Gasteiger charge is -2.11. The van der Waals surface area contributed by atoms with Crippen LogP contribution in [-0.4, -0.2) is 35.7 Å². The number of halogens is 1. The van der Waals surface area contributed by atoms with Crippen molar-refractivity contribution in [2.45, 2.75) is 13.5 Å². The minimum absolute atomic E-state index is 0.0339. The van der Waals surface area contributed by atoms with E-state index in [4.69, 9.17) is 18.8 Å². The summed E-state index contributed by atoms with van der Waals surface area (Å²) in [5, 5.41) is 16.8. The van der Waals surface area contributed by atoms with E-state index in [0.29, 0.717) is 33.9 Å². The van der Waals surface area contributed by atoms with E-state index >= 15 is 0 Å². The van der Waals surface area contributed by atoms with E-state index in [0.717, 1.165) is 5.56 Å². The van der Waals surface area contributed by atoms with Gasteiger partial charge in [0, 0.05) is 5.56 Å². The molecule has 0 fully saturated rings. The summed E-state index contributed by atoms with van der Waals surface area (Å²) in [6, 6.07) is 20.8. The fourth-order valence-corrected chi connectivity index (χ4v) is 3.54. The molecule has 3 aromatic carbocycles. The van der Waals surface area contributed by atoms with Gasteiger partial charge in [0.25, 0.3) is 0 Å². The van der Waals surface area contributed by atoms with Gasteiger partial charge in [0.2, 0.25) is 0 Å². The van der Waals surface area contributed by atoms with E-state index in [1.165, 1.54) is 19.2 Å². The molecule has 0 bridgehead atoms. The maximum Gasteiger partial charge on any atom is 0.358 e. The molecule has 4 aromatic rings. The molecule has 1 heterocycles. The zero-order valence-corrected chi connectivity index (χ0v) is 19.6. The number of ether oxygens (including phenoxy) is 2. The second kappa shape index (κ2) is 11.2. The van der Waals surface area contributed by atoms with Crippen LogP contribution in [0, 0.1) is 12.7 Å². The Labute approximate surface area is 206 Å². The first kappa shape index (κ1) is 24.5. The van der Waals surface area contributed by atoms with E-state index in [2.05, 4.69) is 10.3 Å². The standard InChI is InChI=1S/C27H23FN2O6/c1-17-25(26(27(31)32)30-36-17)20-9-11-21(12-10-20)34-15-18-8-13-24(22(28)14-18)35-16-23(29-33-2)19-6-4-3-5-7-19/h3-14H,15-16H2,1-2H3,(H,31,32)/b29-23-. The van der Waals surface area contributed by atoms with E-state index in [9.17, 15) is 14.3 Å². The molecule has 9 heteroatoms. The van der Waals surface area contributed by atoms with Crippen LogP contribution in [0.15, 0.2) is 82.5 Å². The van der Waals surface area contributed by atoms with Crippen molar-refractivity contribution < 1.29 is 33.1 Å². The number of benzene rings is 3. The largest absolute Gasteiger partial charge is 0.489 e. The average Bonchev–Trinajstić information content (AvgIpc) is 3.28. The number of carbonyl (C=O) groups is 1. The first-order valence-electron chi connectivity index (χ1n) is 11.0. The van der Waals surface area contributed by atoms with Crippen molar-refractivity contribution in [1.29, 1.82) is 0 Å². The third-order valence-corrected chi connectivity index (χ3v) is 5.28. The van der Waals surface area contributed by atoms with Gasteiger partial charge in [-0.15, -0.1) is 0 Å². The molecule has 36 heavy (non-hydrogen) atoms. The fraction of sp³-hybridized carbons (Fsp3) is 0.148. The van der Waals surface area contributed by atoms with Crippen LogP contribution in [0.25, 0.3) is 11.1 Å². The summed E-state index contributed by atoms with van der Waals surface area (Å²) in [5.41, 5.74) is 2.86. The van der Waals surface area contributed by atoms with Gasteiger partial charge in [0.15, 0.2) is 17.3 Å². The van der Waals surface area contributed by atoms with Crippen LogP contribution >= 0.6 is 0 Å². The Morgan fingerprint density at radius 2 is 1.81 bits per heavy atom. The predicted octanol–water partition coefficient (Wildman–Crippen LogP) is 5.50. The monoisotopic (exact) mass is 490 g/mol. The number of rotatable bonds is 10. The summed E-state index contributed by atoms with van der Waals surface area (Å²) in [6.07, 6.45) is 0. The fourth-order valence-electron chi connectivity index (χ4n) is 3.54. The van der Waals surface area contributed by atoms with Gasteiger partial charge < -0.3 is 23.9 Å². The highest BCUT2D eigenvalue weighted by Crippen LogP contribution is 2.29. The van der Waals surface area contributed by atoms with Gasteiger partial charge in [-0.3, -0.25) is 0 Å². The number of aryl methyl sites for hydroxylation is 1. The maximum absolute atomic E-state index is 14.7. The minimum Gasteiger partial charge on any atom is -0.489 e. The molecule has 184 valence electrons. The summed E-state index contributed by atoms with van der Waals surface area (Å²) in [6.45, 7) is 1.81. The lowest BCUT2D eigenvalue weighted by Crippen LogP contribution is -2.14. The van der Waals surface area contributed by atoms with Gasteiger partial charge in [-0.2, -0.15) is 0 Å². The molecule has 8 nitrogen and oxygen atoms in total. The van der Waals surface area contributed by atoms with Crippen molar-refractivity contribution in [3.63, 3.8) is 0 Å². The number of hydrogen-bond donors (Lipinski definition) is 1. The summed E-state index contributed by atoms with van der Waals surface area (Å²) < 4.78 is 31.0. The topological polar surface area (TPSA) is 103 Å². The van der Waals surface area contributed by atoms with Crippen molar-refractivity contribution in [2.24, 2.45) is 5.16 Å². The second-order valence-electron chi connectivity index (χ2n) is 7.72. The third kappa shape index (κ3) is 5.69. The molecule has 0 radical (unpaired) electrons. The van der Waals surface area contributed by atoms with E-state index in [-0.39, 0.29) is 24.7 Å². The number of hydrogen-bond acceptors (Lipinski definition) is 7. The van der Waals surface area contributed by atoms with Gasteiger partial charge in [-0.25, -0.2) is 9.18 Å². The Kier molecular flexibility index (Phi) is 7.60. The minimum atomic E-state index is -1.17. The van der Waals surface area contributed by atoms with E-state index in [1.54, 1.807) is 37.3 Å². The quantitative estimate of drug-likeness (QED) is 0.231. The summed E-state index contributed by atoms with van der Waals surface area (Å²) in [7, 11) is 1.44. The first-order valence-corrected chi connectivity index (χ1v) is 11.0. The number of aromatic nitrogens is 1. The molecule has 1 aromatic heterocycles. The lowest BCUT2D eigenvalue weighted by atomic mass is 10.0.